The maximum atomic E-state index is 12.9. The lowest BCUT2D eigenvalue weighted by atomic mass is 9.82. The average Bonchev–Trinajstić information content (AvgIpc) is 2.44. The van der Waals surface area contributed by atoms with E-state index in [1.54, 1.807) is 18.7 Å². The van der Waals surface area contributed by atoms with Gasteiger partial charge in [-0.3, -0.25) is 9.59 Å². The number of rotatable bonds is 5. The number of nitriles is 1. The van der Waals surface area contributed by atoms with Crippen molar-refractivity contribution in [1.29, 1.82) is 5.26 Å². The predicted molar refractivity (Wildman–Crippen MR) is 88.9 cm³/mol. The molecule has 2 amide bonds. The van der Waals surface area contributed by atoms with Crippen molar-refractivity contribution >= 4 is 11.8 Å². The van der Waals surface area contributed by atoms with Crippen molar-refractivity contribution in [2.45, 2.75) is 65.0 Å². The third-order valence-corrected chi connectivity index (χ3v) is 4.41. The molecule has 1 aliphatic heterocycles. The van der Waals surface area contributed by atoms with Gasteiger partial charge in [0.25, 0.3) is 0 Å². The molecule has 6 nitrogen and oxygen atoms in total. The van der Waals surface area contributed by atoms with E-state index in [-0.39, 0.29) is 12.3 Å². The summed E-state index contributed by atoms with van der Waals surface area (Å²) in [6, 6.07) is 2.38. The minimum absolute atomic E-state index is 0.213. The van der Waals surface area contributed by atoms with Gasteiger partial charge in [0.1, 0.15) is 5.54 Å². The van der Waals surface area contributed by atoms with Crippen LogP contribution in [-0.2, 0) is 9.59 Å². The summed E-state index contributed by atoms with van der Waals surface area (Å²) in [4.78, 5) is 26.0. The summed E-state index contributed by atoms with van der Waals surface area (Å²) in [6.07, 6.45) is 2.95. The summed E-state index contributed by atoms with van der Waals surface area (Å²) < 4.78 is 0. The van der Waals surface area contributed by atoms with Gasteiger partial charge in [0.05, 0.1) is 12.5 Å². The van der Waals surface area contributed by atoms with Crippen molar-refractivity contribution in [2.75, 3.05) is 13.1 Å². The molecule has 1 saturated heterocycles. The fourth-order valence-electron chi connectivity index (χ4n) is 2.94. The Hall–Kier alpha value is -1.61. The third kappa shape index (κ3) is 4.44. The van der Waals surface area contributed by atoms with Crippen molar-refractivity contribution in [2.24, 2.45) is 11.1 Å². The molecule has 1 aliphatic rings. The molecule has 0 aromatic carbocycles. The summed E-state index contributed by atoms with van der Waals surface area (Å²) in [6.45, 7) is 10.6. The van der Waals surface area contributed by atoms with Gasteiger partial charge in [-0.1, -0.05) is 13.8 Å². The van der Waals surface area contributed by atoms with Crippen LogP contribution in [0.1, 0.15) is 53.9 Å². The molecule has 23 heavy (non-hydrogen) atoms. The van der Waals surface area contributed by atoms with Gasteiger partial charge in [0, 0.05) is 11.0 Å². The zero-order chi connectivity index (χ0) is 17.9. The number of carbonyl (C=O) groups is 2. The SMILES string of the molecule is CC(C)(C[CH]C(=O)N(C(C)(C)C)C1(C#N)CCNCC1)C(N)=O. The second-order valence-electron chi connectivity index (χ2n) is 7.89. The van der Waals surface area contributed by atoms with E-state index in [0.29, 0.717) is 25.9 Å². The number of carbonyl (C=O) groups excluding carboxylic acids is 2. The molecule has 6 heteroatoms. The summed E-state index contributed by atoms with van der Waals surface area (Å²) in [5.74, 6) is -0.656. The molecule has 0 aromatic heterocycles. The average molecular weight is 321 g/mol. The number of amides is 2. The molecule has 3 N–H and O–H groups in total. The highest BCUT2D eigenvalue weighted by Gasteiger charge is 2.46. The Morgan fingerprint density at radius 2 is 1.78 bits per heavy atom. The molecular weight excluding hydrogens is 292 g/mol. The second-order valence-corrected chi connectivity index (χ2v) is 7.89. The Kier molecular flexibility index (Phi) is 5.81. The molecule has 129 valence electrons. The van der Waals surface area contributed by atoms with Crippen molar-refractivity contribution in [1.82, 2.24) is 10.2 Å². The molecule has 1 rings (SSSR count). The first-order chi connectivity index (χ1) is 10.5. The first-order valence-corrected chi connectivity index (χ1v) is 8.06. The van der Waals surface area contributed by atoms with Crippen LogP contribution in [-0.4, -0.2) is 40.9 Å². The lowest BCUT2D eigenvalue weighted by molar-refractivity contribution is -0.140. The Labute approximate surface area is 139 Å². The molecule has 0 atom stereocenters. The Balaban J connectivity index is 3.01. The van der Waals surface area contributed by atoms with Crippen molar-refractivity contribution in [3.8, 4) is 6.07 Å². The van der Waals surface area contributed by atoms with Crippen molar-refractivity contribution < 1.29 is 9.59 Å². The Morgan fingerprint density at radius 3 is 2.17 bits per heavy atom. The Morgan fingerprint density at radius 1 is 1.26 bits per heavy atom. The standard InChI is InChI=1S/C17H29N4O2/c1-15(2,3)21(17(12-18)8-10-20-11-9-17)13(22)6-7-16(4,5)14(19)23/h6,20H,7-11H2,1-5H3,(H2,19,23). The first kappa shape index (κ1) is 19.4. The summed E-state index contributed by atoms with van der Waals surface area (Å²) in [5.41, 5.74) is 3.28. The van der Waals surface area contributed by atoms with Crippen LogP contribution in [0.25, 0.3) is 0 Å². The molecule has 0 unspecified atom stereocenters. The molecule has 0 aromatic rings. The van der Waals surface area contributed by atoms with Gasteiger partial charge in [0.15, 0.2) is 0 Å². The molecule has 0 bridgehead atoms. The normalized spacial score (nSPS) is 18.1. The van der Waals surface area contributed by atoms with Crippen molar-refractivity contribution in [3.05, 3.63) is 6.42 Å². The van der Waals surface area contributed by atoms with Crippen LogP contribution < -0.4 is 11.1 Å². The zero-order valence-corrected chi connectivity index (χ0v) is 14.9. The predicted octanol–water partition coefficient (Wildman–Crippen LogP) is 1.37. The van der Waals surface area contributed by atoms with Gasteiger partial charge in [-0.05, 0) is 53.1 Å². The summed E-state index contributed by atoms with van der Waals surface area (Å²) in [5, 5.41) is 13.0. The number of nitrogens with one attached hydrogen (secondary N) is 1. The monoisotopic (exact) mass is 321 g/mol. The fourth-order valence-corrected chi connectivity index (χ4v) is 2.94. The van der Waals surface area contributed by atoms with Crippen LogP contribution >= 0.6 is 0 Å². The third-order valence-electron chi connectivity index (χ3n) is 4.41. The van der Waals surface area contributed by atoms with E-state index in [9.17, 15) is 14.9 Å². The van der Waals surface area contributed by atoms with E-state index in [1.165, 1.54) is 6.42 Å². The molecular formula is C17H29N4O2. The van der Waals surface area contributed by atoms with Crippen LogP contribution in [0, 0.1) is 23.2 Å². The van der Waals surface area contributed by atoms with Gasteiger partial charge in [-0.2, -0.15) is 5.26 Å². The highest BCUT2D eigenvalue weighted by molar-refractivity contribution is 5.88. The quantitative estimate of drug-likeness (QED) is 0.798. The van der Waals surface area contributed by atoms with Gasteiger partial charge < -0.3 is 16.0 Å². The minimum Gasteiger partial charge on any atom is -0.369 e. The van der Waals surface area contributed by atoms with E-state index >= 15 is 0 Å². The number of hydrogen-bond donors (Lipinski definition) is 2. The summed E-state index contributed by atoms with van der Waals surface area (Å²) in [7, 11) is 0. The van der Waals surface area contributed by atoms with Crippen molar-refractivity contribution in [3.63, 3.8) is 0 Å². The fraction of sp³-hybridized carbons (Fsp3) is 0.765. The molecule has 1 heterocycles. The molecule has 1 radical (unpaired) electrons. The van der Waals surface area contributed by atoms with Crippen LogP contribution in [0.3, 0.4) is 0 Å². The van der Waals surface area contributed by atoms with Crippen LogP contribution in [0.2, 0.25) is 0 Å². The lowest BCUT2D eigenvalue weighted by Crippen LogP contribution is -2.62. The van der Waals surface area contributed by atoms with E-state index in [2.05, 4.69) is 11.4 Å². The van der Waals surface area contributed by atoms with E-state index < -0.39 is 22.4 Å². The first-order valence-electron chi connectivity index (χ1n) is 8.06. The topological polar surface area (TPSA) is 99.2 Å². The van der Waals surface area contributed by atoms with Gasteiger partial charge in [0.2, 0.25) is 11.8 Å². The van der Waals surface area contributed by atoms with Crippen LogP contribution in [0.5, 0.6) is 0 Å². The van der Waals surface area contributed by atoms with Gasteiger partial charge in [-0.15, -0.1) is 0 Å². The largest absolute Gasteiger partial charge is 0.369 e. The van der Waals surface area contributed by atoms with Crippen LogP contribution in [0.4, 0.5) is 0 Å². The smallest absolute Gasteiger partial charge is 0.228 e. The number of hydrogen-bond acceptors (Lipinski definition) is 4. The summed E-state index contributed by atoms with van der Waals surface area (Å²) >= 11 is 0. The highest BCUT2D eigenvalue weighted by Crippen LogP contribution is 2.34. The molecule has 1 fully saturated rings. The van der Waals surface area contributed by atoms with Gasteiger partial charge >= 0.3 is 0 Å². The molecule has 0 spiro atoms. The molecule has 0 aliphatic carbocycles. The Bertz CT molecular complexity index is 494. The minimum atomic E-state index is -0.812. The van der Waals surface area contributed by atoms with Gasteiger partial charge in [-0.25, -0.2) is 0 Å². The van der Waals surface area contributed by atoms with Crippen LogP contribution in [0.15, 0.2) is 0 Å². The zero-order valence-electron chi connectivity index (χ0n) is 14.9. The lowest BCUT2D eigenvalue weighted by Gasteiger charge is -2.49. The highest BCUT2D eigenvalue weighted by atomic mass is 16.2. The maximum Gasteiger partial charge on any atom is 0.228 e. The second kappa shape index (κ2) is 6.88. The maximum absolute atomic E-state index is 12.9. The van der Waals surface area contributed by atoms with E-state index in [1.807, 2.05) is 20.8 Å². The molecule has 0 saturated carbocycles. The number of nitrogens with two attached hydrogens (primary N) is 1. The van der Waals surface area contributed by atoms with E-state index in [4.69, 9.17) is 5.73 Å². The number of primary amides is 1. The number of nitrogens with zero attached hydrogens (tertiary/aromatic N) is 2. The van der Waals surface area contributed by atoms with E-state index in [0.717, 1.165) is 0 Å². The number of piperidine rings is 1.